The average molecular weight is 313 g/mol. The van der Waals surface area contributed by atoms with Gasteiger partial charge in [-0.1, -0.05) is 23.7 Å². The fraction of sp³-hybridized carbons (Fsp3) is 0.562. The lowest BCUT2D eigenvalue weighted by molar-refractivity contribution is 0.0223. The topological polar surface area (TPSA) is 32.8 Å². The molecule has 118 valence electrons. The van der Waals surface area contributed by atoms with Gasteiger partial charge in [-0.15, -0.1) is 0 Å². The molecule has 0 bridgehead atoms. The van der Waals surface area contributed by atoms with E-state index in [0.717, 1.165) is 12.1 Å². The maximum absolute atomic E-state index is 12.3. The molecule has 0 atom stereocenters. The number of benzene rings is 1. The van der Waals surface area contributed by atoms with Gasteiger partial charge in [0, 0.05) is 24.7 Å². The molecule has 0 heterocycles. The molecule has 5 heteroatoms. The van der Waals surface area contributed by atoms with E-state index in [-0.39, 0.29) is 6.09 Å². The number of hydrogen-bond acceptors (Lipinski definition) is 3. The van der Waals surface area contributed by atoms with Crippen LogP contribution >= 0.6 is 11.6 Å². The van der Waals surface area contributed by atoms with E-state index in [4.69, 9.17) is 16.3 Å². The first-order valence-corrected chi connectivity index (χ1v) is 7.42. The van der Waals surface area contributed by atoms with Crippen LogP contribution in [0.3, 0.4) is 0 Å². The highest BCUT2D eigenvalue weighted by atomic mass is 35.5. The van der Waals surface area contributed by atoms with Gasteiger partial charge in [0.25, 0.3) is 0 Å². The van der Waals surface area contributed by atoms with Crippen molar-refractivity contribution in [3.63, 3.8) is 0 Å². The van der Waals surface area contributed by atoms with E-state index in [1.54, 1.807) is 4.90 Å². The van der Waals surface area contributed by atoms with Gasteiger partial charge in [0.1, 0.15) is 5.60 Å². The number of hydrogen-bond donors (Lipinski definition) is 0. The molecule has 0 aliphatic heterocycles. The molecule has 1 aromatic carbocycles. The van der Waals surface area contributed by atoms with Crippen LogP contribution in [0.1, 0.15) is 26.3 Å². The van der Waals surface area contributed by atoms with E-state index in [0.29, 0.717) is 18.1 Å². The Morgan fingerprint density at radius 1 is 1.14 bits per heavy atom. The summed E-state index contributed by atoms with van der Waals surface area (Å²) in [5.74, 6) is 0. The Kier molecular flexibility index (Phi) is 6.49. The third kappa shape index (κ3) is 7.34. The molecule has 0 radical (unpaired) electrons. The third-order valence-corrected chi connectivity index (χ3v) is 3.01. The van der Waals surface area contributed by atoms with Crippen LogP contribution in [0.4, 0.5) is 4.79 Å². The van der Waals surface area contributed by atoms with E-state index < -0.39 is 5.60 Å². The summed E-state index contributed by atoms with van der Waals surface area (Å²) >= 11 is 5.89. The van der Waals surface area contributed by atoms with Gasteiger partial charge in [0.2, 0.25) is 0 Å². The maximum Gasteiger partial charge on any atom is 0.410 e. The van der Waals surface area contributed by atoms with Gasteiger partial charge >= 0.3 is 6.09 Å². The van der Waals surface area contributed by atoms with Crippen LogP contribution in [0.2, 0.25) is 5.02 Å². The number of amides is 1. The Bertz CT molecular complexity index is 452. The molecular formula is C16H25ClN2O2. The van der Waals surface area contributed by atoms with Crippen molar-refractivity contribution in [2.24, 2.45) is 0 Å². The Hall–Kier alpha value is -1.26. The fourth-order valence-electron chi connectivity index (χ4n) is 1.69. The molecule has 1 amide bonds. The molecule has 0 spiro atoms. The normalized spacial score (nSPS) is 11.6. The summed E-state index contributed by atoms with van der Waals surface area (Å²) in [7, 11) is 3.96. The van der Waals surface area contributed by atoms with Crippen molar-refractivity contribution in [3.05, 3.63) is 34.9 Å². The smallest absolute Gasteiger partial charge is 0.410 e. The van der Waals surface area contributed by atoms with E-state index >= 15 is 0 Å². The molecule has 0 aromatic heterocycles. The van der Waals surface area contributed by atoms with Crippen molar-refractivity contribution in [1.82, 2.24) is 9.80 Å². The van der Waals surface area contributed by atoms with Crippen LogP contribution in [0.5, 0.6) is 0 Å². The first kappa shape index (κ1) is 17.8. The molecule has 4 nitrogen and oxygen atoms in total. The first-order valence-electron chi connectivity index (χ1n) is 7.04. The first-order chi connectivity index (χ1) is 9.67. The number of ether oxygens (including phenoxy) is 1. The van der Waals surface area contributed by atoms with Gasteiger partial charge in [-0.05, 0) is 52.6 Å². The second-order valence-electron chi connectivity index (χ2n) is 6.33. The number of carbonyl (C=O) groups is 1. The van der Waals surface area contributed by atoms with Gasteiger partial charge in [-0.25, -0.2) is 4.79 Å². The summed E-state index contributed by atoms with van der Waals surface area (Å²) in [5.41, 5.74) is 0.539. The van der Waals surface area contributed by atoms with Crippen LogP contribution in [0.25, 0.3) is 0 Å². The van der Waals surface area contributed by atoms with Gasteiger partial charge in [0.15, 0.2) is 0 Å². The highest BCUT2D eigenvalue weighted by molar-refractivity contribution is 6.30. The lowest BCUT2D eigenvalue weighted by atomic mass is 10.2. The van der Waals surface area contributed by atoms with Crippen molar-refractivity contribution < 1.29 is 9.53 Å². The van der Waals surface area contributed by atoms with Gasteiger partial charge in [-0.3, -0.25) is 0 Å². The van der Waals surface area contributed by atoms with Gasteiger partial charge in [0.05, 0.1) is 0 Å². The van der Waals surface area contributed by atoms with Gasteiger partial charge < -0.3 is 14.5 Å². The van der Waals surface area contributed by atoms with Crippen LogP contribution < -0.4 is 0 Å². The Morgan fingerprint density at radius 3 is 2.19 bits per heavy atom. The summed E-state index contributed by atoms with van der Waals surface area (Å²) in [6.45, 7) is 7.53. The zero-order chi connectivity index (χ0) is 16.0. The second kappa shape index (κ2) is 7.66. The molecule has 0 aliphatic rings. The zero-order valence-corrected chi connectivity index (χ0v) is 14.3. The van der Waals surface area contributed by atoms with Crippen molar-refractivity contribution in [1.29, 1.82) is 0 Å². The maximum atomic E-state index is 12.3. The molecule has 1 aromatic rings. The number of nitrogens with zero attached hydrogens (tertiary/aromatic N) is 2. The minimum Gasteiger partial charge on any atom is -0.444 e. The minimum absolute atomic E-state index is 0.292. The summed E-state index contributed by atoms with van der Waals surface area (Å²) in [5, 5.41) is 0.691. The van der Waals surface area contributed by atoms with Crippen LogP contribution in [0, 0.1) is 0 Å². The monoisotopic (exact) mass is 312 g/mol. The molecule has 0 unspecified atom stereocenters. The second-order valence-corrected chi connectivity index (χ2v) is 6.77. The van der Waals surface area contributed by atoms with E-state index in [1.807, 2.05) is 64.0 Å². The Labute approximate surface area is 132 Å². The Balaban J connectivity index is 2.76. The number of rotatable bonds is 5. The molecule has 0 saturated heterocycles. The number of likely N-dealkylation sites (N-methyl/N-ethyl adjacent to an activating group) is 1. The lowest BCUT2D eigenvalue weighted by Crippen LogP contribution is -2.39. The molecule has 0 fully saturated rings. The average Bonchev–Trinajstić information content (AvgIpc) is 2.34. The third-order valence-electron chi connectivity index (χ3n) is 2.76. The van der Waals surface area contributed by atoms with Crippen LogP contribution in [-0.2, 0) is 11.3 Å². The summed E-state index contributed by atoms with van der Waals surface area (Å²) < 4.78 is 5.47. The van der Waals surface area contributed by atoms with E-state index in [1.165, 1.54) is 0 Å². The SMILES string of the molecule is CN(C)CCN(Cc1ccc(Cl)cc1)C(=O)OC(C)(C)C. The summed E-state index contributed by atoms with van der Waals surface area (Å²) in [6, 6.07) is 7.51. The van der Waals surface area contributed by atoms with Crippen molar-refractivity contribution in [2.45, 2.75) is 32.9 Å². The molecular weight excluding hydrogens is 288 g/mol. The predicted molar refractivity (Wildman–Crippen MR) is 86.7 cm³/mol. The van der Waals surface area contributed by atoms with Crippen LogP contribution in [-0.4, -0.2) is 48.7 Å². The van der Waals surface area contributed by atoms with E-state index in [9.17, 15) is 4.79 Å². The number of carbonyl (C=O) groups excluding carboxylic acids is 1. The zero-order valence-electron chi connectivity index (χ0n) is 13.5. The highest BCUT2D eigenvalue weighted by Crippen LogP contribution is 2.14. The molecule has 21 heavy (non-hydrogen) atoms. The molecule has 0 aliphatic carbocycles. The van der Waals surface area contributed by atoms with E-state index in [2.05, 4.69) is 0 Å². The number of halogens is 1. The standard InChI is InChI=1S/C16H25ClN2O2/c1-16(2,3)21-15(20)19(11-10-18(4)5)12-13-6-8-14(17)9-7-13/h6-9H,10-12H2,1-5H3. The molecule has 0 N–H and O–H groups in total. The summed E-state index contributed by atoms with van der Waals surface area (Å²) in [6.07, 6.45) is -0.292. The molecule has 1 rings (SSSR count). The van der Waals surface area contributed by atoms with Crippen LogP contribution in [0.15, 0.2) is 24.3 Å². The summed E-state index contributed by atoms with van der Waals surface area (Å²) in [4.78, 5) is 16.1. The largest absolute Gasteiger partial charge is 0.444 e. The van der Waals surface area contributed by atoms with Crippen molar-refractivity contribution >= 4 is 17.7 Å². The van der Waals surface area contributed by atoms with Crippen molar-refractivity contribution in [2.75, 3.05) is 27.2 Å². The fourth-order valence-corrected chi connectivity index (χ4v) is 1.82. The molecule has 0 saturated carbocycles. The lowest BCUT2D eigenvalue weighted by Gasteiger charge is -2.28. The highest BCUT2D eigenvalue weighted by Gasteiger charge is 2.22. The van der Waals surface area contributed by atoms with Crippen molar-refractivity contribution in [3.8, 4) is 0 Å². The Morgan fingerprint density at radius 2 is 1.71 bits per heavy atom. The van der Waals surface area contributed by atoms with Gasteiger partial charge in [-0.2, -0.15) is 0 Å². The quantitative estimate of drug-likeness (QED) is 0.832. The predicted octanol–water partition coefficient (Wildman–Crippen LogP) is 3.64. The minimum atomic E-state index is -0.493.